The number of likely N-dealkylation sites (N-methyl/N-ethyl adjacent to an activating group) is 1. The number of piperazine rings is 1. The van der Waals surface area contributed by atoms with Crippen LogP contribution in [0.15, 0.2) is 18.2 Å². The monoisotopic (exact) mass is 222 g/mol. The molecule has 2 atom stereocenters. The zero-order valence-electron chi connectivity index (χ0n) is 10.1. The molecule has 1 aromatic rings. The first-order valence-electron chi connectivity index (χ1n) is 5.79. The van der Waals surface area contributed by atoms with E-state index >= 15 is 0 Å². The molecule has 2 rings (SSSR count). The smallest absolute Gasteiger partial charge is 0.126 e. The average Bonchev–Trinajstić information content (AvgIpc) is 2.23. The molecule has 3 heteroatoms. The third kappa shape index (κ3) is 2.11. The Morgan fingerprint density at radius 2 is 2.19 bits per heavy atom. The first-order chi connectivity index (χ1) is 7.59. The highest BCUT2D eigenvalue weighted by atomic mass is 19.1. The fourth-order valence-electron chi connectivity index (χ4n) is 2.50. The molecule has 0 radical (unpaired) electrons. The van der Waals surface area contributed by atoms with Crippen molar-refractivity contribution in [1.82, 2.24) is 10.2 Å². The van der Waals surface area contributed by atoms with Crippen molar-refractivity contribution in [3.05, 3.63) is 35.1 Å². The highest BCUT2D eigenvalue weighted by Crippen LogP contribution is 2.26. The molecule has 0 aromatic heterocycles. The van der Waals surface area contributed by atoms with Gasteiger partial charge in [0.05, 0.1) is 0 Å². The lowest BCUT2D eigenvalue weighted by Gasteiger charge is -2.38. The minimum atomic E-state index is -0.122. The first-order valence-corrected chi connectivity index (χ1v) is 5.79. The highest BCUT2D eigenvalue weighted by Gasteiger charge is 2.27. The third-order valence-corrected chi connectivity index (χ3v) is 3.40. The fraction of sp³-hybridized carbons (Fsp3) is 0.538. The number of halogens is 1. The van der Waals surface area contributed by atoms with Gasteiger partial charge in [-0.1, -0.05) is 12.1 Å². The molecule has 1 aliphatic rings. The highest BCUT2D eigenvalue weighted by molar-refractivity contribution is 5.28. The second-order valence-electron chi connectivity index (χ2n) is 4.68. The first kappa shape index (κ1) is 11.6. The van der Waals surface area contributed by atoms with Crippen LogP contribution < -0.4 is 5.32 Å². The molecular weight excluding hydrogens is 203 g/mol. The number of nitrogens with one attached hydrogen (secondary N) is 1. The average molecular weight is 222 g/mol. The molecule has 1 aliphatic heterocycles. The van der Waals surface area contributed by atoms with E-state index in [1.54, 1.807) is 6.07 Å². The van der Waals surface area contributed by atoms with Crippen molar-refractivity contribution in [1.29, 1.82) is 0 Å². The molecule has 0 spiro atoms. The van der Waals surface area contributed by atoms with E-state index in [1.165, 1.54) is 5.56 Å². The van der Waals surface area contributed by atoms with E-state index in [1.807, 2.05) is 19.1 Å². The summed E-state index contributed by atoms with van der Waals surface area (Å²) in [6.07, 6.45) is 0. The van der Waals surface area contributed by atoms with Crippen LogP contribution in [-0.2, 0) is 0 Å². The number of nitrogens with zero attached hydrogens (tertiary/aromatic N) is 1. The summed E-state index contributed by atoms with van der Waals surface area (Å²) in [5.41, 5.74) is 1.92. The summed E-state index contributed by atoms with van der Waals surface area (Å²) < 4.78 is 13.2. The molecule has 88 valence electrons. The molecule has 0 amide bonds. The lowest BCUT2D eigenvalue weighted by Crippen LogP contribution is -2.49. The molecule has 1 heterocycles. The van der Waals surface area contributed by atoms with Gasteiger partial charge in [-0.3, -0.25) is 4.90 Å². The Morgan fingerprint density at radius 3 is 2.81 bits per heavy atom. The summed E-state index contributed by atoms with van der Waals surface area (Å²) in [7, 11) is 2.13. The Balaban J connectivity index is 2.30. The largest absolute Gasteiger partial charge is 0.311 e. The minimum absolute atomic E-state index is 0.122. The predicted molar refractivity (Wildman–Crippen MR) is 64.0 cm³/mol. The van der Waals surface area contributed by atoms with Crippen molar-refractivity contribution in [2.75, 3.05) is 20.1 Å². The van der Waals surface area contributed by atoms with Crippen LogP contribution in [0.4, 0.5) is 4.39 Å². The van der Waals surface area contributed by atoms with Gasteiger partial charge >= 0.3 is 0 Å². The summed E-state index contributed by atoms with van der Waals surface area (Å²) in [6, 6.07) is 6.17. The molecule has 16 heavy (non-hydrogen) atoms. The van der Waals surface area contributed by atoms with Gasteiger partial charge in [0.2, 0.25) is 0 Å². The zero-order valence-corrected chi connectivity index (χ0v) is 10.1. The van der Waals surface area contributed by atoms with Crippen molar-refractivity contribution in [2.24, 2.45) is 0 Å². The lowest BCUT2D eigenvalue weighted by atomic mass is 9.95. The SMILES string of the molecule is Cc1cc(C2C(C)NCCN2C)ccc1F. The summed E-state index contributed by atoms with van der Waals surface area (Å²) in [5, 5.41) is 3.46. The van der Waals surface area contributed by atoms with E-state index < -0.39 is 0 Å². The molecule has 0 bridgehead atoms. The van der Waals surface area contributed by atoms with Crippen molar-refractivity contribution in [2.45, 2.75) is 25.9 Å². The predicted octanol–water partition coefficient (Wildman–Crippen LogP) is 2.10. The van der Waals surface area contributed by atoms with Crippen molar-refractivity contribution < 1.29 is 4.39 Å². The van der Waals surface area contributed by atoms with Crippen LogP contribution in [0.2, 0.25) is 0 Å². The number of rotatable bonds is 1. The van der Waals surface area contributed by atoms with Crippen LogP contribution in [0.5, 0.6) is 0 Å². The molecule has 2 unspecified atom stereocenters. The van der Waals surface area contributed by atoms with Crippen molar-refractivity contribution >= 4 is 0 Å². The molecule has 0 saturated carbocycles. The quantitative estimate of drug-likeness (QED) is 0.783. The fourth-order valence-corrected chi connectivity index (χ4v) is 2.50. The van der Waals surface area contributed by atoms with Crippen LogP contribution in [0, 0.1) is 12.7 Å². The van der Waals surface area contributed by atoms with Gasteiger partial charge in [0, 0.05) is 25.2 Å². The number of hydrogen-bond acceptors (Lipinski definition) is 2. The summed E-state index contributed by atoms with van der Waals surface area (Å²) in [6.45, 7) is 6.05. The van der Waals surface area contributed by atoms with E-state index in [4.69, 9.17) is 0 Å². The van der Waals surface area contributed by atoms with Crippen molar-refractivity contribution in [3.8, 4) is 0 Å². The summed E-state index contributed by atoms with van der Waals surface area (Å²) in [5.74, 6) is -0.122. The number of aryl methyl sites for hydroxylation is 1. The van der Waals surface area contributed by atoms with E-state index in [9.17, 15) is 4.39 Å². The second-order valence-corrected chi connectivity index (χ2v) is 4.68. The molecule has 1 N–H and O–H groups in total. The maximum atomic E-state index is 13.2. The van der Waals surface area contributed by atoms with Crippen molar-refractivity contribution in [3.63, 3.8) is 0 Å². The summed E-state index contributed by atoms with van der Waals surface area (Å²) >= 11 is 0. The molecule has 1 fully saturated rings. The van der Waals surface area contributed by atoms with Gasteiger partial charge in [-0.25, -0.2) is 4.39 Å². The van der Waals surface area contributed by atoms with Crippen LogP contribution >= 0.6 is 0 Å². The second kappa shape index (κ2) is 4.52. The number of hydrogen-bond donors (Lipinski definition) is 1. The van der Waals surface area contributed by atoms with Gasteiger partial charge in [-0.15, -0.1) is 0 Å². The van der Waals surface area contributed by atoms with E-state index in [2.05, 4.69) is 24.2 Å². The van der Waals surface area contributed by atoms with Gasteiger partial charge in [-0.05, 0) is 38.1 Å². The van der Waals surface area contributed by atoms with Gasteiger partial charge in [0.25, 0.3) is 0 Å². The summed E-state index contributed by atoms with van der Waals surface area (Å²) in [4.78, 5) is 2.33. The Bertz CT molecular complexity index is 368. The Hall–Kier alpha value is -0.930. The van der Waals surface area contributed by atoms with E-state index in [-0.39, 0.29) is 5.82 Å². The third-order valence-electron chi connectivity index (χ3n) is 3.40. The molecule has 1 saturated heterocycles. The maximum absolute atomic E-state index is 13.2. The molecule has 2 nitrogen and oxygen atoms in total. The van der Waals surface area contributed by atoms with Crippen LogP contribution in [-0.4, -0.2) is 31.1 Å². The Morgan fingerprint density at radius 1 is 1.44 bits per heavy atom. The Labute approximate surface area is 96.5 Å². The molecule has 0 aliphatic carbocycles. The standard InChI is InChI=1S/C13H19FN2/c1-9-8-11(4-5-12(9)14)13-10(2)15-6-7-16(13)3/h4-5,8,10,13,15H,6-7H2,1-3H3. The molecule has 1 aromatic carbocycles. The lowest BCUT2D eigenvalue weighted by molar-refractivity contribution is 0.159. The number of benzene rings is 1. The maximum Gasteiger partial charge on any atom is 0.126 e. The molecular formula is C13H19FN2. The van der Waals surface area contributed by atoms with Gasteiger partial charge in [0.15, 0.2) is 0 Å². The topological polar surface area (TPSA) is 15.3 Å². The minimum Gasteiger partial charge on any atom is -0.311 e. The van der Waals surface area contributed by atoms with Gasteiger partial charge in [0.1, 0.15) is 5.82 Å². The van der Waals surface area contributed by atoms with Crippen LogP contribution in [0.25, 0.3) is 0 Å². The normalized spacial score (nSPS) is 27.0. The van der Waals surface area contributed by atoms with Gasteiger partial charge < -0.3 is 5.32 Å². The van der Waals surface area contributed by atoms with E-state index in [0.29, 0.717) is 12.1 Å². The Kier molecular flexibility index (Phi) is 3.26. The van der Waals surface area contributed by atoms with Gasteiger partial charge in [-0.2, -0.15) is 0 Å². The van der Waals surface area contributed by atoms with Crippen LogP contribution in [0.1, 0.15) is 24.1 Å². The zero-order chi connectivity index (χ0) is 11.7. The van der Waals surface area contributed by atoms with Crippen LogP contribution in [0.3, 0.4) is 0 Å². The van der Waals surface area contributed by atoms with E-state index in [0.717, 1.165) is 18.7 Å².